The van der Waals surface area contributed by atoms with Gasteiger partial charge in [0.05, 0.1) is 13.3 Å². The quantitative estimate of drug-likeness (QED) is 0.432. The molecule has 0 saturated heterocycles. The Kier molecular flexibility index (Phi) is 7.41. The Labute approximate surface area is 176 Å². The number of hydrogen-bond acceptors (Lipinski definition) is 7. The van der Waals surface area contributed by atoms with E-state index in [-0.39, 0.29) is 17.3 Å². The molecule has 2 heterocycles. The molecule has 0 aliphatic carbocycles. The van der Waals surface area contributed by atoms with Crippen LogP contribution in [0, 0.1) is 0 Å². The molecule has 0 aliphatic heterocycles. The van der Waals surface area contributed by atoms with Crippen molar-refractivity contribution in [3.63, 3.8) is 0 Å². The molecule has 0 radical (unpaired) electrons. The molecule has 1 unspecified atom stereocenters. The van der Waals surface area contributed by atoms with Crippen LogP contribution < -0.4 is 10.1 Å². The van der Waals surface area contributed by atoms with Crippen LogP contribution in [0.5, 0.6) is 5.88 Å². The lowest BCUT2D eigenvalue weighted by atomic mass is 10.1. The van der Waals surface area contributed by atoms with Crippen LogP contribution in [-0.4, -0.2) is 44.2 Å². The average Bonchev–Trinajstić information content (AvgIpc) is 3.14. The largest absolute Gasteiger partial charge is 0.610 e. The van der Waals surface area contributed by atoms with Crippen LogP contribution in [0.3, 0.4) is 0 Å². The summed E-state index contributed by atoms with van der Waals surface area (Å²) in [5.41, 5.74) is 1.29. The van der Waals surface area contributed by atoms with E-state index >= 15 is 0 Å². The number of carbonyl (C=O) groups is 2. The number of benzene rings is 1. The minimum atomic E-state index is -1.61. The molecular weight excluding hydrogens is 408 g/mol. The fourth-order valence-electron chi connectivity index (χ4n) is 2.55. The molecule has 156 valence electrons. The van der Waals surface area contributed by atoms with Gasteiger partial charge in [-0.1, -0.05) is 36.4 Å². The number of methoxy groups -OCH3 is 1. The molecule has 0 fully saturated rings. The highest BCUT2D eigenvalue weighted by atomic mass is 32.2. The maximum absolute atomic E-state index is 12.4. The zero-order valence-corrected chi connectivity index (χ0v) is 17.0. The second kappa shape index (κ2) is 10.4. The first-order valence-electron chi connectivity index (χ1n) is 9.01. The molecule has 2 aromatic heterocycles. The van der Waals surface area contributed by atoms with Gasteiger partial charge in [0.25, 0.3) is 11.8 Å². The van der Waals surface area contributed by atoms with E-state index in [1.54, 1.807) is 29.1 Å². The topological polar surface area (TPSA) is 118 Å². The van der Waals surface area contributed by atoms with Crippen LogP contribution in [0.4, 0.5) is 10.5 Å². The zero-order valence-electron chi connectivity index (χ0n) is 16.2. The Morgan fingerprint density at radius 3 is 2.63 bits per heavy atom. The number of carbonyl (C=O) groups excluding carboxylic acids is 2. The molecule has 1 N–H and O–H groups in total. The molecule has 0 bridgehead atoms. The van der Waals surface area contributed by atoms with Gasteiger partial charge in [0.2, 0.25) is 5.03 Å². The van der Waals surface area contributed by atoms with Crippen LogP contribution in [0.25, 0.3) is 0 Å². The van der Waals surface area contributed by atoms with Crippen molar-refractivity contribution >= 4 is 28.9 Å². The number of nitrogens with zero attached hydrogens (tertiary/aromatic N) is 3. The van der Waals surface area contributed by atoms with E-state index in [1.807, 2.05) is 30.3 Å². The van der Waals surface area contributed by atoms with Crippen molar-refractivity contribution in [2.24, 2.45) is 0 Å². The zero-order chi connectivity index (χ0) is 21.3. The van der Waals surface area contributed by atoms with Crippen molar-refractivity contribution in [3.05, 3.63) is 66.5 Å². The number of hydrogen-bond donors (Lipinski definition) is 1. The first-order valence-corrected chi connectivity index (χ1v) is 10.3. The number of rotatable bonds is 8. The Morgan fingerprint density at radius 1 is 1.17 bits per heavy atom. The molecule has 0 aliphatic rings. The van der Waals surface area contributed by atoms with Gasteiger partial charge in [-0.25, -0.2) is 9.78 Å². The third kappa shape index (κ3) is 6.06. The van der Waals surface area contributed by atoms with Crippen LogP contribution in [0.15, 0.2) is 66.0 Å². The molecule has 30 heavy (non-hydrogen) atoms. The fourth-order valence-corrected chi connectivity index (χ4v) is 3.42. The highest BCUT2D eigenvalue weighted by Gasteiger charge is 2.21. The molecule has 1 atom stereocenters. The van der Waals surface area contributed by atoms with Crippen LogP contribution in [-0.2, 0) is 33.7 Å². The normalized spacial score (nSPS) is 11.5. The Bertz CT molecular complexity index is 981. The molecule has 3 rings (SSSR count). The van der Waals surface area contributed by atoms with Gasteiger partial charge in [-0.05, 0) is 18.1 Å². The van der Waals surface area contributed by atoms with Crippen molar-refractivity contribution in [2.75, 3.05) is 18.2 Å². The smallest absolute Gasteiger partial charge is 0.515 e. The molecular formula is C20H20N4O5S. The van der Waals surface area contributed by atoms with Gasteiger partial charge < -0.3 is 19.3 Å². The SMILES string of the molecule is COC(=O)Oc1nn(CCc2ccccc2)cc1NC(=O)C[S+]([O-])c1ccccn1. The number of nitrogens with one attached hydrogen (secondary N) is 1. The van der Waals surface area contributed by atoms with E-state index in [1.165, 1.54) is 13.3 Å². The van der Waals surface area contributed by atoms with Gasteiger partial charge in [-0.15, -0.1) is 5.10 Å². The van der Waals surface area contributed by atoms with E-state index in [0.717, 1.165) is 5.56 Å². The summed E-state index contributed by atoms with van der Waals surface area (Å²) in [4.78, 5) is 27.8. The summed E-state index contributed by atoms with van der Waals surface area (Å²) >= 11 is -1.61. The summed E-state index contributed by atoms with van der Waals surface area (Å²) in [6.07, 6.45) is 2.78. The van der Waals surface area contributed by atoms with Crippen molar-refractivity contribution in [1.82, 2.24) is 14.8 Å². The summed E-state index contributed by atoms with van der Waals surface area (Å²) in [5, 5.41) is 7.08. The minimum Gasteiger partial charge on any atom is -0.610 e. The van der Waals surface area contributed by atoms with E-state index in [4.69, 9.17) is 4.74 Å². The van der Waals surface area contributed by atoms with Crippen LogP contribution in [0.2, 0.25) is 0 Å². The predicted octanol–water partition coefficient (Wildman–Crippen LogP) is 2.41. The first-order chi connectivity index (χ1) is 14.5. The molecule has 0 spiro atoms. The minimum absolute atomic E-state index is 0.105. The van der Waals surface area contributed by atoms with E-state index in [0.29, 0.717) is 18.0 Å². The summed E-state index contributed by atoms with van der Waals surface area (Å²) in [6, 6.07) is 14.8. The van der Waals surface area contributed by atoms with Crippen molar-refractivity contribution in [3.8, 4) is 5.88 Å². The lowest BCUT2D eigenvalue weighted by Gasteiger charge is -2.09. The van der Waals surface area contributed by atoms with Gasteiger partial charge in [-0.3, -0.25) is 9.48 Å². The predicted molar refractivity (Wildman–Crippen MR) is 110 cm³/mol. The lowest BCUT2D eigenvalue weighted by Crippen LogP contribution is -2.23. The summed E-state index contributed by atoms with van der Waals surface area (Å²) < 4.78 is 23.3. The van der Waals surface area contributed by atoms with Gasteiger partial charge >= 0.3 is 6.16 Å². The summed E-state index contributed by atoms with van der Waals surface area (Å²) in [5.74, 6) is -0.938. The Hall–Kier alpha value is -3.37. The van der Waals surface area contributed by atoms with E-state index < -0.39 is 23.2 Å². The average molecular weight is 428 g/mol. The monoisotopic (exact) mass is 428 g/mol. The number of ether oxygens (including phenoxy) is 2. The first kappa shape index (κ1) is 21.3. The van der Waals surface area contributed by atoms with Crippen LogP contribution >= 0.6 is 0 Å². The highest BCUT2D eigenvalue weighted by Crippen LogP contribution is 2.23. The van der Waals surface area contributed by atoms with Gasteiger partial charge in [0, 0.05) is 30.0 Å². The van der Waals surface area contributed by atoms with Crippen molar-refractivity contribution < 1.29 is 23.6 Å². The Morgan fingerprint density at radius 2 is 1.93 bits per heavy atom. The molecule has 0 saturated carbocycles. The Balaban J connectivity index is 1.68. The second-order valence-electron chi connectivity index (χ2n) is 6.11. The number of anilines is 1. The fraction of sp³-hybridized carbons (Fsp3) is 0.200. The van der Waals surface area contributed by atoms with E-state index in [9.17, 15) is 14.1 Å². The number of aromatic nitrogens is 3. The number of amides is 1. The number of aryl methyl sites for hydroxylation is 2. The third-order valence-corrected chi connectivity index (χ3v) is 5.19. The molecule has 3 aromatic rings. The third-order valence-electron chi connectivity index (χ3n) is 3.95. The van der Waals surface area contributed by atoms with Gasteiger partial charge in [0.15, 0.2) is 5.75 Å². The maximum Gasteiger partial charge on any atom is 0.515 e. The second-order valence-corrected chi connectivity index (χ2v) is 7.51. The molecule has 10 heteroatoms. The van der Waals surface area contributed by atoms with Gasteiger partial charge in [-0.2, -0.15) is 0 Å². The van der Waals surface area contributed by atoms with Crippen molar-refractivity contribution in [2.45, 2.75) is 18.0 Å². The van der Waals surface area contributed by atoms with Crippen LogP contribution in [0.1, 0.15) is 5.56 Å². The van der Waals surface area contributed by atoms with Crippen molar-refractivity contribution in [1.29, 1.82) is 0 Å². The molecule has 1 aromatic carbocycles. The standard InChI is InChI=1S/C20H20N4O5S/c1-28-20(26)29-19-16(13-24(23-19)12-10-15-7-3-2-4-8-15)22-17(25)14-30(27)18-9-5-6-11-21-18/h2-9,11,13H,10,12,14H2,1H3,(H,22,25). The molecule has 1 amide bonds. The lowest BCUT2D eigenvalue weighted by molar-refractivity contribution is -0.113. The highest BCUT2D eigenvalue weighted by molar-refractivity contribution is 7.92. The van der Waals surface area contributed by atoms with Gasteiger partial charge in [0.1, 0.15) is 5.69 Å². The molecule has 9 nitrogen and oxygen atoms in total. The van der Waals surface area contributed by atoms with E-state index in [2.05, 4.69) is 20.1 Å². The summed E-state index contributed by atoms with van der Waals surface area (Å²) in [6.45, 7) is 0.497. The number of pyridine rings is 1. The maximum atomic E-state index is 12.4. The summed E-state index contributed by atoms with van der Waals surface area (Å²) in [7, 11) is 1.17.